The summed E-state index contributed by atoms with van der Waals surface area (Å²) in [6, 6.07) is 5.05. The number of halogens is 2. The Morgan fingerprint density at radius 1 is 1.39 bits per heavy atom. The van der Waals surface area contributed by atoms with Crippen molar-refractivity contribution < 1.29 is 9.59 Å². The maximum Gasteiger partial charge on any atom is 0.253 e. The van der Waals surface area contributed by atoms with Gasteiger partial charge in [-0.1, -0.05) is 27.5 Å². The molecule has 1 aromatic rings. The molecule has 1 saturated heterocycles. The summed E-state index contributed by atoms with van der Waals surface area (Å²) in [5.74, 6) is -0.712. The summed E-state index contributed by atoms with van der Waals surface area (Å²) in [5, 5.41) is 0.498. The number of carbonyl (C=O) groups is 2. The molecule has 1 aromatic carbocycles. The molecule has 0 aliphatic carbocycles. The highest BCUT2D eigenvalue weighted by molar-refractivity contribution is 9.10. The topological polar surface area (TPSA) is 63.4 Å². The second-order valence-electron chi connectivity index (χ2n) is 4.30. The Kier molecular flexibility index (Phi) is 3.92. The third-order valence-corrected chi connectivity index (χ3v) is 3.66. The van der Waals surface area contributed by atoms with Gasteiger partial charge in [0.25, 0.3) is 5.91 Å². The second kappa shape index (κ2) is 5.28. The van der Waals surface area contributed by atoms with Crippen LogP contribution in [0.15, 0.2) is 22.7 Å². The fraction of sp³-hybridized carbons (Fsp3) is 0.333. The van der Waals surface area contributed by atoms with Gasteiger partial charge >= 0.3 is 0 Å². The van der Waals surface area contributed by atoms with E-state index in [1.165, 1.54) is 0 Å². The summed E-state index contributed by atoms with van der Waals surface area (Å²) in [6.07, 6.45) is 0.628. The number of primary amides is 1. The van der Waals surface area contributed by atoms with Gasteiger partial charge in [0.05, 0.1) is 5.92 Å². The van der Waals surface area contributed by atoms with Gasteiger partial charge in [0, 0.05) is 28.1 Å². The number of benzene rings is 1. The van der Waals surface area contributed by atoms with Crippen LogP contribution >= 0.6 is 27.5 Å². The Hall–Kier alpha value is -1.07. The molecule has 1 aliphatic heterocycles. The van der Waals surface area contributed by atoms with Gasteiger partial charge in [0.15, 0.2) is 0 Å². The number of hydrogen-bond donors (Lipinski definition) is 1. The normalized spacial score (nSPS) is 19.0. The smallest absolute Gasteiger partial charge is 0.253 e. The minimum Gasteiger partial charge on any atom is -0.369 e. The minimum atomic E-state index is -0.349. The molecule has 1 heterocycles. The van der Waals surface area contributed by atoms with Gasteiger partial charge in [0.2, 0.25) is 5.91 Å². The zero-order valence-corrected chi connectivity index (χ0v) is 11.9. The van der Waals surface area contributed by atoms with Crippen LogP contribution in [0.25, 0.3) is 0 Å². The third kappa shape index (κ3) is 2.84. The van der Waals surface area contributed by atoms with Crippen molar-refractivity contribution in [1.82, 2.24) is 4.90 Å². The van der Waals surface area contributed by atoms with E-state index in [1.54, 1.807) is 23.1 Å². The van der Waals surface area contributed by atoms with E-state index in [2.05, 4.69) is 15.9 Å². The molecular formula is C12H12BrClN2O2. The molecule has 0 saturated carbocycles. The lowest BCUT2D eigenvalue weighted by molar-refractivity contribution is -0.121. The Bertz CT molecular complexity index is 487. The lowest BCUT2D eigenvalue weighted by Gasteiger charge is -2.16. The summed E-state index contributed by atoms with van der Waals surface area (Å²) in [7, 11) is 0. The fourth-order valence-corrected chi connectivity index (χ4v) is 2.90. The van der Waals surface area contributed by atoms with Gasteiger partial charge in [-0.3, -0.25) is 9.59 Å². The maximum absolute atomic E-state index is 12.2. The maximum atomic E-state index is 12.2. The SMILES string of the molecule is NC(=O)C1CCN(C(=O)c2cc(Cl)cc(Br)c2)C1. The highest BCUT2D eigenvalue weighted by Crippen LogP contribution is 2.23. The lowest BCUT2D eigenvalue weighted by Crippen LogP contribution is -2.31. The van der Waals surface area contributed by atoms with E-state index in [4.69, 9.17) is 17.3 Å². The number of hydrogen-bond acceptors (Lipinski definition) is 2. The van der Waals surface area contributed by atoms with Gasteiger partial charge in [-0.05, 0) is 24.6 Å². The van der Waals surface area contributed by atoms with Gasteiger partial charge in [-0.25, -0.2) is 0 Å². The van der Waals surface area contributed by atoms with Crippen molar-refractivity contribution in [3.05, 3.63) is 33.3 Å². The number of amides is 2. The van der Waals surface area contributed by atoms with Gasteiger partial charge in [-0.15, -0.1) is 0 Å². The van der Waals surface area contributed by atoms with Crippen LogP contribution in [-0.2, 0) is 4.79 Å². The van der Waals surface area contributed by atoms with Crippen molar-refractivity contribution >= 4 is 39.3 Å². The molecule has 2 amide bonds. The monoisotopic (exact) mass is 330 g/mol. The number of nitrogens with two attached hydrogens (primary N) is 1. The molecule has 0 aromatic heterocycles. The Labute approximate surface area is 118 Å². The quantitative estimate of drug-likeness (QED) is 0.901. The molecule has 2 N–H and O–H groups in total. The van der Waals surface area contributed by atoms with E-state index >= 15 is 0 Å². The van der Waals surface area contributed by atoms with Crippen LogP contribution in [0.3, 0.4) is 0 Å². The predicted octanol–water partition coefficient (Wildman–Crippen LogP) is 2.05. The number of nitrogens with zero attached hydrogens (tertiary/aromatic N) is 1. The van der Waals surface area contributed by atoms with E-state index in [0.717, 1.165) is 4.47 Å². The summed E-state index contributed by atoms with van der Waals surface area (Å²) in [6.45, 7) is 0.939. The molecule has 4 nitrogen and oxygen atoms in total. The van der Waals surface area contributed by atoms with Crippen molar-refractivity contribution in [2.24, 2.45) is 11.7 Å². The minimum absolute atomic E-state index is 0.123. The first-order valence-corrected chi connectivity index (χ1v) is 6.69. The first kappa shape index (κ1) is 13.4. The van der Waals surface area contributed by atoms with Gasteiger partial charge in [0.1, 0.15) is 0 Å². The van der Waals surface area contributed by atoms with E-state index < -0.39 is 0 Å². The second-order valence-corrected chi connectivity index (χ2v) is 5.65. The highest BCUT2D eigenvalue weighted by atomic mass is 79.9. The van der Waals surface area contributed by atoms with Crippen molar-refractivity contribution in [3.8, 4) is 0 Å². The van der Waals surface area contributed by atoms with Crippen molar-refractivity contribution in [2.75, 3.05) is 13.1 Å². The molecule has 96 valence electrons. The van der Waals surface area contributed by atoms with Crippen LogP contribution in [0.2, 0.25) is 5.02 Å². The Balaban J connectivity index is 2.15. The average Bonchev–Trinajstić information content (AvgIpc) is 2.75. The third-order valence-electron chi connectivity index (χ3n) is 2.99. The highest BCUT2D eigenvalue weighted by Gasteiger charge is 2.30. The molecule has 18 heavy (non-hydrogen) atoms. The fourth-order valence-electron chi connectivity index (χ4n) is 2.04. The summed E-state index contributed by atoms with van der Waals surface area (Å²) in [4.78, 5) is 24.9. The van der Waals surface area contributed by atoms with Crippen LogP contribution in [0, 0.1) is 5.92 Å². The van der Waals surface area contributed by atoms with Crippen molar-refractivity contribution in [3.63, 3.8) is 0 Å². The number of rotatable bonds is 2. The Morgan fingerprint density at radius 3 is 2.67 bits per heavy atom. The number of carbonyl (C=O) groups excluding carboxylic acids is 2. The molecule has 0 spiro atoms. The predicted molar refractivity (Wildman–Crippen MR) is 72.4 cm³/mol. The van der Waals surface area contributed by atoms with Crippen LogP contribution < -0.4 is 5.73 Å². The molecular weight excluding hydrogens is 320 g/mol. The molecule has 1 aliphatic rings. The lowest BCUT2D eigenvalue weighted by atomic mass is 10.1. The Morgan fingerprint density at radius 2 is 2.11 bits per heavy atom. The molecule has 1 atom stereocenters. The molecule has 0 bridgehead atoms. The molecule has 1 unspecified atom stereocenters. The first-order chi connectivity index (χ1) is 8.47. The van der Waals surface area contributed by atoms with E-state index in [1.807, 2.05) is 0 Å². The summed E-state index contributed by atoms with van der Waals surface area (Å²) >= 11 is 9.20. The van der Waals surface area contributed by atoms with Crippen LogP contribution in [0.1, 0.15) is 16.8 Å². The molecule has 1 fully saturated rings. The molecule has 0 radical (unpaired) electrons. The number of likely N-dealkylation sites (tertiary alicyclic amines) is 1. The summed E-state index contributed by atoms with van der Waals surface area (Å²) in [5.41, 5.74) is 5.75. The average molecular weight is 332 g/mol. The van der Waals surface area contributed by atoms with Crippen LogP contribution in [0.4, 0.5) is 0 Å². The standard InChI is InChI=1S/C12H12BrClN2O2/c13-9-3-8(4-10(14)5-9)12(18)16-2-1-7(6-16)11(15)17/h3-5,7H,1-2,6H2,(H2,15,17). The van der Waals surface area contributed by atoms with Gasteiger partial charge in [-0.2, -0.15) is 0 Å². The van der Waals surface area contributed by atoms with Crippen molar-refractivity contribution in [1.29, 1.82) is 0 Å². The van der Waals surface area contributed by atoms with E-state index in [-0.39, 0.29) is 17.7 Å². The van der Waals surface area contributed by atoms with Gasteiger partial charge < -0.3 is 10.6 Å². The largest absolute Gasteiger partial charge is 0.369 e. The van der Waals surface area contributed by atoms with E-state index in [9.17, 15) is 9.59 Å². The zero-order chi connectivity index (χ0) is 13.3. The first-order valence-electron chi connectivity index (χ1n) is 5.52. The molecule has 2 rings (SSSR count). The van der Waals surface area contributed by atoms with E-state index in [0.29, 0.717) is 30.1 Å². The van der Waals surface area contributed by atoms with Crippen LogP contribution in [0.5, 0.6) is 0 Å². The van der Waals surface area contributed by atoms with Crippen molar-refractivity contribution in [2.45, 2.75) is 6.42 Å². The summed E-state index contributed by atoms with van der Waals surface area (Å²) < 4.78 is 0.754. The zero-order valence-electron chi connectivity index (χ0n) is 9.53. The molecule has 6 heteroatoms. The van der Waals surface area contributed by atoms with Crippen LogP contribution in [-0.4, -0.2) is 29.8 Å².